The van der Waals surface area contributed by atoms with Crippen molar-refractivity contribution in [3.8, 4) is 0 Å². The Kier molecular flexibility index (Phi) is 6.58. The molecule has 19 heavy (non-hydrogen) atoms. The molecule has 1 saturated heterocycles. The van der Waals surface area contributed by atoms with E-state index in [0.717, 1.165) is 12.8 Å². The molecule has 2 fully saturated rings. The smallest absolute Gasteiger partial charge is 0.225 e. The molecule has 1 aliphatic heterocycles. The van der Waals surface area contributed by atoms with Crippen LogP contribution in [-0.2, 0) is 9.59 Å². The van der Waals surface area contributed by atoms with Crippen molar-refractivity contribution in [3.05, 3.63) is 0 Å². The van der Waals surface area contributed by atoms with Crippen LogP contribution >= 0.6 is 12.4 Å². The summed E-state index contributed by atoms with van der Waals surface area (Å²) >= 11 is 0. The molecule has 6 heteroatoms. The summed E-state index contributed by atoms with van der Waals surface area (Å²) in [7, 11) is 0. The molecule has 0 aromatic heterocycles. The highest BCUT2D eigenvalue weighted by atomic mass is 35.5. The lowest BCUT2D eigenvalue weighted by Gasteiger charge is -2.30. The van der Waals surface area contributed by atoms with Gasteiger partial charge in [-0.2, -0.15) is 0 Å². The second-order valence-corrected chi connectivity index (χ2v) is 5.45. The van der Waals surface area contributed by atoms with Gasteiger partial charge in [-0.1, -0.05) is 19.3 Å². The van der Waals surface area contributed by atoms with Crippen LogP contribution in [0.4, 0.5) is 0 Å². The summed E-state index contributed by atoms with van der Waals surface area (Å²) in [6.07, 6.45) is 6.39. The summed E-state index contributed by atoms with van der Waals surface area (Å²) in [6, 6.07) is 0.0773. The number of hydrogen-bond acceptors (Lipinski definition) is 3. The van der Waals surface area contributed by atoms with Crippen molar-refractivity contribution < 1.29 is 9.59 Å². The molecule has 5 nitrogen and oxygen atoms in total. The van der Waals surface area contributed by atoms with E-state index in [2.05, 4.69) is 10.6 Å². The Bertz CT molecular complexity index is 319. The van der Waals surface area contributed by atoms with Crippen molar-refractivity contribution in [2.75, 3.05) is 13.1 Å². The number of carbonyl (C=O) groups excluding carboxylic acids is 2. The predicted octanol–water partition coefficient (Wildman–Crippen LogP) is 0.568. The first-order chi connectivity index (χ1) is 8.70. The molecular formula is C13H24ClN3O2. The first-order valence-corrected chi connectivity index (χ1v) is 6.98. The van der Waals surface area contributed by atoms with Gasteiger partial charge in [0.05, 0.1) is 5.92 Å². The summed E-state index contributed by atoms with van der Waals surface area (Å²) in [6.45, 7) is 0.955. The fourth-order valence-corrected chi connectivity index (χ4v) is 3.00. The third-order valence-corrected chi connectivity index (χ3v) is 4.15. The lowest BCUT2D eigenvalue weighted by molar-refractivity contribution is -0.127. The fraction of sp³-hybridized carbons (Fsp3) is 0.846. The molecule has 0 aromatic carbocycles. The zero-order chi connectivity index (χ0) is 13.0. The Labute approximate surface area is 120 Å². The van der Waals surface area contributed by atoms with Crippen LogP contribution in [0.1, 0.15) is 38.5 Å². The van der Waals surface area contributed by atoms with E-state index in [-0.39, 0.29) is 36.2 Å². The highest BCUT2D eigenvalue weighted by Crippen LogP contribution is 2.26. The third kappa shape index (κ3) is 4.35. The molecule has 110 valence electrons. The summed E-state index contributed by atoms with van der Waals surface area (Å²) in [5.41, 5.74) is 5.78. The number of halogens is 1. The van der Waals surface area contributed by atoms with Crippen molar-refractivity contribution in [1.29, 1.82) is 0 Å². The highest BCUT2D eigenvalue weighted by Gasteiger charge is 2.31. The molecule has 1 heterocycles. The Balaban J connectivity index is 0.00000180. The second kappa shape index (κ2) is 7.70. The van der Waals surface area contributed by atoms with Gasteiger partial charge in [0.1, 0.15) is 0 Å². The summed E-state index contributed by atoms with van der Waals surface area (Å²) < 4.78 is 0. The molecule has 2 unspecified atom stereocenters. The van der Waals surface area contributed by atoms with Crippen LogP contribution in [0, 0.1) is 11.8 Å². The maximum Gasteiger partial charge on any atom is 0.225 e. The molecule has 1 aliphatic carbocycles. The number of hydrogen-bond donors (Lipinski definition) is 3. The van der Waals surface area contributed by atoms with Crippen LogP contribution in [-0.4, -0.2) is 30.9 Å². The maximum absolute atomic E-state index is 12.0. The van der Waals surface area contributed by atoms with Crippen molar-refractivity contribution in [3.63, 3.8) is 0 Å². The summed E-state index contributed by atoms with van der Waals surface area (Å²) in [5.74, 6) is 0.249. The van der Waals surface area contributed by atoms with Gasteiger partial charge in [0.25, 0.3) is 0 Å². The highest BCUT2D eigenvalue weighted by molar-refractivity contribution is 5.89. The molecule has 1 saturated carbocycles. The molecule has 0 aromatic rings. The lowest BCUT2D eigenvalue weighted by atomic mass is 9.83. The number of rotatable bonds is 4. The molecular weight excluding hydrogens is 266 g/mol. The van der Waals surface area contributed by atoms with Gasteiger partial charge in [0.15, 0.2) is 0 Å². The van der Waals surface area contributed by atoms with Crippen molar-refractivity contribution >= 4 is 24.2 Å². The monoisotopic (exact) mass is 289 g/mol. The van der Waals surface area contributed by atoms with Gasteiger partial charge in [0, 0.05) is 25.6 Å². The van der Waals surface area contributed by atoms with E-state index in [1.807, 2.05) is 0 Å². The number of carbonyl (C=O) groups is 2. The molecule has 2 aliphatic rings. The van der Waals surface area contributed by atoms with Crippen LogP contribution in [0.25, 0.3) is 0 Å². The molecule has 0 spiro atoms. The molecule has 2 amide bonds. The van der Waals surface area contributed by atoms with E-state index >= 15 is 0 Å². The van der Waals surface area contributed by atoms with Gasteiger partial charge >= 0.3 is 0 Å². The van der Waals surface area contributed by atoms with Crippen LogP contribution in [0.2, 0.25) is 0 Å². The van der Waals surface area contributed by atoms with Gasteiger partial charge in [0.2, 0.25) is 11.8 Å². The largest absolute Gasteiger partial charge is 0.355 e. The first-order valence-electron chi connectivity index (χ1n) is 6.98. The molecule has 4 N–H and O–H groups in total. The van der Waals surface area contributed by atoms with Crippen molar-refractivity contribution in [2.45, 2.75) is 44.6 Å². The Hall–Kier alpha value is -0.810. The fourth-order valence-electron chi connectivity index (χ4n) is 3.00. The number of nitrogens with one attached hydrogen (secondary N) is 2. The Morgan fingerprint density at radius 1 is 1.37 bits per heavy atom. The summed E-state index contributed by atoms with van der Waals surface area (Å²) in [4.78, 5) is 23.1. The number of nitrogens with two attached hydrogens (primary N) is 1. The second-order valence-electron chi connectivity index (χ2n) is 5.45. The lowest BCUT2D eigenvalue weighted by Crippen LogP contribution is -2.48. The minimum absolute atomic E-state index is 0. The van der Waals surface area contributed by atoms with E-state index < -0.39 is 0 Å². The predicted molar refractivity (Wildman–Crippen MR) is 75.9 cm³/mol. The van der Waals surface area contributed by atoms with Crippen molar-refractivity contribution in [2.24, 2.45) is 17.6 Å². The maximum atomic E-state index is 12.0. The quantitative estimate of drug-likeness (QED) is 0.707. The van der Waals surface area contributed by atoms with E-state index in [1.54, 1.807) is 0 Å². The molecule has 2 atom stereocenters. The van der Waals surface area contributed by atoms with Gasteiger partial charge in [-0.15, -0.1) is 12.4 Å². The zero-order valence-electron chi connectivity index (χ0n) is 11.2. The van der Waals surface area contributed by atoms with E-state index in [1.165, 1.54) is 19.3 Å². The Morgan fingerprint density at radius 2 is 2.05 bits per heavy atom. The Morgan fingerprint density at radius 3 is 2.58 bits per heavy atom. The van der Waals surface area contributed by atoms with Gasteiger partial charge in [-0.05, 0) is 18.8 Å². The normalized spacial score (nSPS) is 25.3. The van der Waals surface area contributed by atoms with Crippen LogP contribution in [0.3, 0.4) is 0 Å². The van der Waals surface area contributed by atoms with Crippen LogP contribution in [0.5, 0.6) is 0 Å². The SMILES string of the molecule is Cl.NCC(NC(=O)C1CNC(=O)C1)C1CCCCC1. The standard InChI is InChI=1S/C13H23N3O2.ClH/c14-7-11(9-4-2-1-3-5-9)16-13(18)10-6-12(17)15-8-10;/h9-11H,1-8,14H2,(H,15,17)(H,16,18);1H. The third-order valence-electron chi connectivity index (χ3n) is 4.15. The van der Waals surface area contributed by atoms with Crippen LogP contribution < -0.4 is 16.4 Å². The average molecular weight is 290 g/mol. The molecule has 2 rings (SSSR count). The van der Waals surface area contributed by atoms with E-state index in [4.69, 9.17) is 5.73 Å². The molecule has 0 bridgehead atoms. The minimum Gasteiger partial charge on any atom is -0.355 e. The van der Waals surface area contributed by atoms with Gasteiger partial charge in [-0.25, -0.2) is 0 Å². The first kappa shape index (κ1) is 16.2. The van der Waals surface area contributed by atoms with Crippen LogP contribution in [0.15, 0.2) is 0 Å². The van der Waals surface area contributed by atoms with E-state index in [9.17, 15) is 9.59 Å². The number of amides is 2. The zero-order valence-corrected chi connectivity index (χ0v) is 12.0. The van der Waals surface area contributed by atoms with Gasteiger partial charge in [-0.3, -0.25) is 9.59 Å². The van der Waals surface area contributed by atoms with Crippen molar-refractivity contribution in [1.82, 2.24) is 10.6 Å². The van der Waals surface area contributed by atoms with E-state index in [0.29, 0.717) is 25.4 Å². The average Bonchev–Trinajstić information content (AvgIpc) is 2.83. The topological polar surface area (TPSA) is 84.2 Å². The minimum atomic E-state index is -0.213. The van der Waals surface area contributed by atoms with Gasteiger partial charge < -0.3 is 16.4 Å². The molecule has 0 radical (unpaired) electrons. The summed E-state index contributed by atoms with van der Waals surface area (Å²) in [5, 5.41) is 5.73.